The lowest BCUT2D eigenvalue weighted by atomic mass is 10.0. The number of anilines is 2. The Bertz CT molecular complexity index is 393. The molecule has 0 amide bonds. The molecule has 0 bridgehead atoms. The lowest BCUT2D eigenvalue weighted by Crippen LogP contribution is -2.39. The van der Waals surface area contributed by atoms with Crippen molar-refractivity contribution in [2.24, 2.45) is 5.84 Å². The predicted molar refractivity (Wildman–Crippen MR) is 74.5 cm³/mol. The van der Waals surface area contributed by atoms with Crippen molar-refractivity contribution in [2.45, 2.75) is 52.0 Å². The zero-order valence-corrected chi connectivity index (χ0v) is 11.3. The molecule has 2 rings (SSSR count). The molecule has 1 aliphatic rings. The molecule has 1 saturated heterocycles. The molecule has 1 fully saturated rings. The number of rotatable bonds is 4. The zero-order valence-electron chi connectivity index (χ0n) is 11.3. The Hall–Kier alpha value is -1.36. The minimum atomic E-state index is 0.551. The van der Waals surface area contributed by atoms with E-state index in [1.165, 1.54) is 19.3 Å². The second-order valence-corrected chi connectivity index (χ2v) is 4.96. The molecule has 0 aromatic carbocycles. The van der Waals surface area contributed by atoms with Gasteiger partial charge in [0.1, 0.15) is 18.0 Å². The monoisotopic (exact) mass is 249 g/mol. The summed E-state index contributed by atoms with van der Waals surface area (Å²) in [5.74, 6) is 7.38. The van der Waals surface area contributed by atoms with E-state index >= 15 is 0 Å². The number of piperidine rings is 1. The first-order valence-corrected chi connectivity index (χ1v) is 6.85. The second kappa shape index (κ2) is 6.00. The van der Waals surface area contributed by atoms with Crippen LogP contribution in [0, 0.1) is 0 Å². The largest absolute Gasteiger partial charge is 0.354 e. The minimum absolute atomic E-state index is 0.551. The van der Waals surface area contributed by atoms with E-state index in [1.54, 1.807) is 6.33 Å². The highest BCUT2D eigenvalue weighted by molar-refractivity contribution is 5.59. The van der Waals surface area contributed by atoms with Gasteiger partial charge in [-0.2, -0.15) is 0 Å². The van der Waals surface area contributed by atoms with E-state index in [2.05, 4.69) is 34.1 Å². The van der Waals surface area contributed by atoms with Gasteiger partial charge < -0.3 is 10.3 Å². The molecule has 0 radical (unpaired) electrons. The molecule has 18 heavy (non-hydrogen) atoms. The van der Waals surface area contributed by atoms with Gasteiger partial charge in [0.2, 0.25) is 0 Å². The third-order valence-electron chi connectivity index (χ3n) is 3.63. The predicted octanol–water partition coefficient (Wildman–Crippen LogP) is 2.09. The molecule has 1 unspecified atom stereocenters. The summed E-state index contributed by atoms with van der Waals surface area (Å²) in [7, 11) is 0. The fourth-order valence-corrected chi connectivity index (χ4v) is 2.67. The Labute approximate surface area is 109 Å². The van der Waals surface area contributed by atoms with Gasteiger partial charge in [-0.15, -0.1) is 0 Å². The second-order valence-electron chi connectivity index (χ2n) is 4.96. The minimum Gasteiger partial charge on any atom is -0.354 e. The quantitative estimate of drug-likeness (QED) is 0.632. The van der Waals surface area contributed by atoms with Gasteiger partial charge in [0, 0.05) is 18.2 Å². The number of hydrogen-bond donors (Lipinski definition) is 2. The van der Waals surface area contributed by atoms with Crippen molar-refractivity contribution in [3.05, 3.63) is 11.9 Å². The highest BCUT2D eigenvalue weighted by Crippen LogP contribution is 2.29. The molecule has 1 aliphatic heterocycles. The standard InChI is InChI=1S/C13H23N5/c1-3-6-11-12(17-14)15-9-16-13(11)18-8-5-4-7-10(18)2/h9-10H,3-8,14H2,1-2H3,(H,15,16,17). The average molecular weight is 249 g/mol. The Morgan fingerprint density at radius 3 is 2.94 bits per heavy atom. The van der Waals surface area contributed by atoms with Crippen LogP contribution in [0.15, 0.2) is 6.33 Å². The van der Waals surface area contributed by atoms with E-state index in [-0.39, 0.29) is 0 Å². The maximum absolute atomic E-state index is 5.56. The summed E-state index contributed by atoms with van der Waals surface area (Å²) < 4.78 is 0. The SMILES string of the molecule is CCCc1c(NN)ncnc1N1CCCCC1C. The smallest absolute Gasteiger partial charge is 0.148 e. The normalized spacial score (nSPS) is 19.9. The van der Waals surface area contributed by atoms with E-state index in [4.69, 9.17) is 5.84 Å². The van der Waals surface area contributed by atoms with E-state index in [0.717, 1.165) is 36.6 Å². The van der Waals surface area contributed by atoms with Crippen molar-refractivity contribution in [3.8, 4) is 0 Å². The summed E-state index contributed by atoms with van der Waals surface area (Å²) in [4.78, 5) is 11.1. The van der Waals surface area contributed by atoms with E-state index < -0.39 is 0 Å². The van der Waals surface area contributed by atoms with Gasteiger partial charge in [0.15, 0.2) is 0 Å². The maximum atomic E-state index is 5.56. The summed E-state index contributed by atoms with van der Waals surface area (Å²) in [5, 5.41) is 0. The van der Waals surface area contributed by atoms with Gasteiger partial charge in [-0.05, 0) is 32.6 Å². The number of nitrogens with one attached hydrogen (secondary N) is 1. The number of nitrogens with zero attached hydrogens (tertiary/aromatic N) is 3. The van der Waals surface area contributed by atoms with Crippen LogP contribution in [0.5, 0.6) is 0 Å². The van der Waals surface area contributed by atoms with Crippen LogP contribution in [-0.2, 0) is 6.42 Å². The van der Waals surface area contributed by atoms with Gasteiger partial charge in [-0.1, -0.05) is 13.3 Å². The van der Waals surface area contributed by atoms with Crippen molar-refractivity contribution < 1.29 is 0 Å². The van der Waals surface area contributed by atoms with Crippen LogP contribution in [0.2, 0.25) is 0 Å². The molecule has 0 aliphatic carbocycles. The van der Waals surface area contributed by atoms with E-state index in [9.17, 15) is 0 Å². The highest BCUT2D eigenvalue weighted by atomic mass is 15.3. The summed E-state index contributed by atoms with van der Waals surface area (Å²) in [6.45, 7) is 5.52. The van der Waals surface area contributed by atoms with Gasteiger partial charge >= 0.3 is 0 Å². The highest BCUT2D eigenvalue weighted by Gasteiger charge is 2.23. The third-order valence-corrected chi connectivity index (χ3v) is 3.63. The van der Waals surface area contributed by atoms with Crippen molar-refractivity contribution in [2.75, 3.05) is 16.9 Å². The van der Waals surface area contributed by atoms with E-state index in [0.29, 0.717) is 6.04 Å². The van der Waals surface area contributed by atoms with Crippen LogP contribution in [0.4, 0.5) is 11.6 Å². The fraction of sp³-hybridized carbons (Fsp3) is 0.692. The molecule has 3 N–H and O–H groups in total. The van der Waals surface area contributed by atoms with Crippen molar-refractivity contribution in [1.29, 1.82) is 0 Å². The number of hydrazine groups is 1. The summed E-state index contributed by atoms with van der Waals surface area (Å²) >= 11 is 0. The molecule has 0 saturated carbocycles. The van der Waals surface area contributed by atoms with Crippen molar-refractivity contribution >= 4 is 11.6 Å². The molecule has 5 heteroatoms. The van der Waals surface area contributed by atoms with Crippen molar-refractivity contribution in [3.63, 3.8) is 0 Å². The summed E-state index contributed by atoms with van der Waals surface area (Å²) in [6.07, 6.45) is 7.42. The van der Waals surface area contributed by atoms with Crippen LogP contribution in [-0.4, -0.2) is 22.6 Å². The molecular weight excluding hydrogens is 226 g/mol. The molecular formula is C13H23N5. The number of nitrogens with two attached hydrogens (primary N) is 1. The molecule has 1 aromatic rings. The Morgan fingerprint density at radius 1 is 1.44 bits per heavy atom. The number of hydrogen-bond acceptors (Lipinski definition) is 5. The molecule has 1 atom stereocenters. The van der Waals surface area contributed by atoms with Gasteiger partial charge in [-0.25, -0.2) is 15.8 Å². The van der Waals surface area contributed by atoms with Crippen LogP contribution in [0.3, 0.4) is 0 Å². The van der Waals surface area contributed by atoms with Crippen molar-refractivity contribution in [1.82, 2.24) is 9.97 Å². The third kappa shape index (κ3) is 2.56. The number of aromatic nitrogens is 2. The lowest BCUT2D eigenvalue weighted by Gasteiger charge is -2.35. The Kier molecular flexibility index (Phi) is 4.36. The average Bonchev–Trinajstić information content (AvgIpc) is 2.40. The number of nitrogen functional groups attached to an aromatic ring is 1. The van der Waals surface area contributed by atoms with Crippen LogP contribution >= 0.6 is 0 Å². The van der Waals surface area contributed by atoms with E-state index in [1.807, 2.05) is 0 Å². The molecule has 5 nitrogen and oxygen atoms in total. The zero-order chi connectivity index (χ0) is 13.0. The van der Waals surface area contributed by atoms with Crippen LogP contribution < -0.4 is 16.2 Å². The van der Waals surface area contributed by atoms with Crippen LogP contribution in [0.1, 0.15) is 45.1 Å². The molecule has 1 aromatic heterocycles. The Morgan fingerprint density at radius 2 is 2.28 bits per heavy atom. The van der Waals surface area contributed by atoms with Gasteiger partial charge in [-0.3, -0.25) is 0 Å². The first kappa shape index (κ1) is 13.1. The topological polar surface area (TPSA) is 67.1 Å². The first-order chi connectivity index (χ1) is 8.77. The van der Waals surface area contributed by atoms with Gasteiger partial charge in [0.05, 0.1) is 0 Å². The molecule has 0 spiro atoms. The van der Waals surface area contributed by atoms with Crippen LogP contribution in [0.25, 0.3) is 0 Å². The summed E-state index contributed by atoms with van der Waals surface area (Å²) in [5.41, 5.74) is 3.85. The summed E-state index contributed by atoms with van der Waals surface area (Å²) in [6, 6.07) is 0.551. The first-order valence-electron chi connectivity index (χ1n) is 6.85. The fourth-order valence-electron chi connectivity index (χ4n) is 2.67. The molecule has 100 valence electrons. The van der Waals surface area contributed by atoms with Gasteiger partial charge in [0.25, 0.3) is 0 Å². The lowest BCUT2D eigenvalue weighted by molar-refractivity contribution is 0.479. The Balaban J connectivity index is 2.35. The molecule has 2 heterocycles. The maximum Gasteiger partial charge on any atom is 0.148 e.